The first-order chi connectivity index (χ1) is 18.1. The predicted molar refractivity (Wildman–Crippen MR) is 145 cm³/mol. The molecule has 6 nitrogen and oxygen atoms in total. The molecule has 37 heavy (non-hydrogen) atoms. The molecule has 3 aromatic carbocycles. The van der Waals surface area contributed by atoms with Gasteiger partial charge in [0.1, 0.15) is 6.04 Å². The highest BCUT2D eigenvalue weighted by atomic mass is 35.5. The van der Waals surface area contributed by atoms with Gasteiger partial charge in [-0.25, -0.2) is 9.97 Å². The van der Waals surface area contributed by atoms with Crippen LogP contribution in [0.25, 0.3) is 11.1 Å². The molecular formula is C30H27ClN4O2. The number of ether oxygens (including phenoxy) is 1. The van der Waals surface area contributed by atoms with E-state index >= 15 is 0 Å². The Kier molecular flexibility index (Phi) is 6.37. The van der Waals surface area contributed by atoms with Crippen LogP contribution in [0.4, 0.5) is 11.6 Å². The Morgan fingerprint density at radius 2 is 1.73 bits per heavy atom. The highest BCUT2D eigenvalue weighted by molar-refractivity contribution is 6.30. The Hall–Kier alpha value is -3.74. The number of para-hydroxylation sites is 1. The highest BCUT2D eigenvalue weighted by Crippen LogP contribution is 2.52. The molecule has 0 bridgehead atoms. The lowest BCUT2D eigenvalue weighted by Crippen LogP contribution is -2.54. The van der Waals surface area contributed by atoms with Gasteiger partial charge < -0.3 is 9.64 Å². The molecule has 0 saturated carbocycles. The second-order valence-electron chi connectivity index (χ2n) is 9.53. The smallest absolute Gasteiger partial charge is 0.323 e. The lowest BCUT2D eigenvalue weighted by atomic mass is 9.83. The molecule has 4 aromatic rings. The summed E-state index contributed by atoms with van der Waals surface area (Å²) in [5, 5.41) is 0.700. The minimum Gasteiger partial charge on any atom is -0.468 e. The molecule has 2 aliphatic heterocycles. The zero-order valence-corrected chi connectivity index (χ0v) is 21.3. The van der Waals surface area contributed by atoms with Crippen molar-refractivity contribution < 1.29 is 9.53 Å². The van der Waals surface area contributed by atoms with Gasteiger partial charge in [0.05, 0.1) is 18.8 Å². The summed E-state index contributed by atoms with van der Waals surface area (Å²) in [5.41, 5.74) is 5.64. The maximum Gasteiger partial charge on any atom is 0.323 e. The fourth-order valence-corrected chi connectivity index (χ4v) is 5.96. The van der Waals surface area contributed by atoms with Gasteiger partial charge in [-0.3, -0.25) is 9.69 Å². The maximum atomic E-state index is 13.0. The van der Waals surface area contributed by atoms with Gasteiger partial charge >= 0.3 is 5.97 Å². The van der Waals surface area contributed by atoms with Gasteiger partial charge in [0.25, 0.3) is 0 Å². The number of rotatable bonds is 5. The minimum atomic E-state index is -0.338. The molecule has 6 rings (SSSR count). The standard InChI is InChI=1S/C30H27ClN4O2/c1-37-29(36)26-17-25-24-10-5-9-23(21-11-13-22(31)14-12-21)28(24)35(30-32-15-6-16-33-30)27(25)19-34(26)18-20-7-3-2-4-8-20/h2-16,25-27H,17-19H2,1H3. The van der Waals surface area contributed by atoms with E-state index in [1.54, 1.807) is 12.4 Å². The summed E-state index contributed by atoms with van der Waals surface area (Å²) in [5.74, 6) is 0.593. The first-order valence-corrected chi connectivity index (χ1v) is 12.8. The van der Waals surface area contributed by atoms with Gasteiger partial charge in [0.15, 0.2) is 0 Å². The van der Waals surface area contributed by atoms with Crippen LogP contribution in [-0.2, 0) is 16.1 Å². The molecule has 1 saturated heterocycles. The summed E-state index contributed by atoms with van der Waals surface area (Å²) >= 11 is 6.20. The van der Waals surface area contributed by atoms with Gasteiger partial charge in [-0.2, -0.15) is 0 Å². The largest absolute Gasteiger partial charge is 0.468 e. The third-order valence-electron chi connectivity index (χ3n) is 7.47. The van der Waals surface area contributed by atoms with Crippen molar-refractivity contribution in [1.82, 2.24) is 14.9 Å². The van der Waals surface area contributed by atoms with Crippen molar-refractivity contribution in [3.8, 4) is 11.1 Å². The van der Waals surface area contributed by atoms with E-state index in [-0.39, 0.29) is 24.0 Å². The first-order valence-electron chi connectivity index (χ1n) is 12.4. The summed E-state index contributed by atoms with van der Waals surface area (Å²) < 4.78 is 5.28. The van der Waals surface area contributed by atoms with Crippen molar-refractivity contribution in [2.75, 3.05) is 18.6 Å². The molecule has 1 aromatic heterocycles. The average molecular weight is 511 g/mol. The van der Waals surface area contributed by atoms with Crippen molar-refractivity contribution in [3.05, 3.63) is 107 Å². The van der Waals surface area contributed by atoms with E-state index in [1.165, 1.54) is 12.7 Å². The molecule has 0 spiro atoms. The summed E-state index contributed by atoms with van der Waals surface area (Å²) in [6.07, 6.45) is 4.22. The molecule has 3 heterocycles. The van der Waals surface area contributed by atoms with Crippen LogP contribution in [0.2, 0.25) is 5.02 Å². The minimum absolute atomic E-state index is 0.0652. The number of halogens is 1. The van der Waals surface area contributed by atoms with E-state index in [9.17, 15) is 4.79 Å². The van der Waals surface area contributed by atoms with Crippen LogP contribution in [0.5, 0.6) is 0 Å². The summed E-state index contributed by atoms with van der Waals surface area (Å²) in [6.45, 7) is 1.33. The second kappa shape index (κ2) is 9.96. The molecule has 2 aliphatic rings. The van der Waals surface area contributed by atoms with Crippen molar-refractivity contribution in [2.24, 2.45) is 0 Å². The molecule has 3 atom stereocenters. The van der Waals surface area contributed by atoms with Crippen LogP contribution in [0, 0.1) is 0 Å². The lowest BCUT2D eigenvalue weighted by Gasteiger charge is -2.42. The third kappa shape index (κ3) is 4.37. The van der Waals surface area contributed by atoms with E-state index < -0.39 is 0 Å². The predicted octanol–water partition coefficient (Wildman–Crippen LogP) is 5.85. The van der Waals surface area contributed by atoms with E-state index in [1.807, 2.05) is 48.5 Å². The number of aromatic nitrogens is 2. The summed E-state index contributed by atoms with van der Waals surface area (Å²) in [4.78, 5) is 26.9. The summed E-state index contributed by atoms with van der Waals surface area (Å²) in [7, 11) is 1.47. The number of hydrogen-bond donors (Lipinski definition) is 0. The fourth-order valence-electron chi connectivity index (χ4n) is 5.83. The van der Waals surface area contributed by atoms with Crippen LogP contribution >= 0.6 is 11.6 Å². The normalized spacial score (nSPS) is 20.8. The number of methoxy groups -OCH3 is 1. The first kappa shape index (κ1) is 23.6. The quantitative estimate of drug-likeness (QED) is 0.314. The zero-order chi connectivity index (χ0) is 25.4. The molecular weight excluding hydrogens is 484 g/mol. The van der Waals surface area contributed by atoms with Gasteiger partial charge in [-0.1, -0.05) is 72.3 Å². The van der Waals surface area contributed by atoms with Gasteiger partial charge in [-0.05, 0) is 41.3 Å². The Bertz CT molecular complexity index is 1400. The Balaban J connectivity index is 1.47. The van der Waals surface area contributed by atoms with Crippen LogP contribution in [0.15, 0.2) is 91.3 Å². The zero-order valence-electron chi connectivity index (χ0n) is 20.5. The average Bonchev–Trinajstić information content (AvgIpc) is 3.27. The molecule has 0 amide bonds. The van der Waals surface area contributed by atoms with Crippen molar-refractivity contribution in [2.45, 2.75) is 31.0 Å². The lowest BCUT2D eigenvalue weighted by molar-refractivity contribution is -0.149. The summed E-state index contributed by atoms with van der Waals surface area (Å²) in [6, 6.07) is 26.1. The monoisotopic (exact) mass is 510 g/mol. The topological polar surface area (TPSA) is 58.6 Å². The van der Waals surface area contributed by atoms with Crippen LogP contribution in [0.3, 0.4) is 0 Å². The number of benzene rings is 3. The molecule has 7 heteroatoms. The van der Waals surface area contributed by atoms with E-state index in [2.05, 4.69) is 50.1 Å². The fraction of sp³-hybridized carbons (Fsp3) is 0.233. The van der Waals surface area contributed by atoms with Crippen LogP contribution in [0.1, 0.15) is 23.5 Å². The van der Waals surface area contributed by atoms with Crippen molar-refractivity contribution in [1.29, 1.82) is 0 Å². The molecule has 186 valence electrons. The molecule has 0 aliphatic carbocycles. The number of carbonyl (C=O) groups is 1. The van der Waals surface area contributed by atoms with Crippen molar-refractivity contribution >= 4 is 29.2 Å². The Morgan fingerprint density at radius 1 is 0.973 bits per heavy atom. The second-order valence-corrected chi connectivity index (χ2v) is 9.97. The number of esters is 1. The number of nitrogens with zero attached hydrogens (tertiary/aromatic N) is 4. The van der Waals surface area contributed by atoms with Gasteiger partial charge in [0, 0.05) is 42.0 Å². The number of hydrogen-bond acceptors (Lipinski definition) is 6. The maximum absolute atomic E-state index is 13.0. The number of likely N-dealkylation sites (tertiary alicyclic amines) is 1. The molecule has 0 radical (unpaired) electrons. The molecule has 0 N–H and O–H groups in total. The van der Waals surface area contributed by atoms with E-state index in [0.717, 1.165) is 22.4 Å². The van der Waals surface area contributed by atoms with E-state index in [0.29, 0.717) is 30.5 Å². The van der Waals surface area contributed by atoms with E-state index in [4.69, 9.17) is 16.3 Å². The number of piperidine rings is 1. The Labute approximate surface area is 221 Å². The Morgan fingerprint density at radius 3 is 2.46 bits per heavy atom. The van der Waals surface area contributed by atoms with Gasteiger partial charge in [-0.15, -0.1) is 0 Å². The van der Waals surface area contributed by atoms with Crippen LogP contribution in [-0.4, -0.2) is 46.6 Å². The highest BCUT2D eigenvalue weighted by Gasteiger charge is 2.49. The van der Waals surface area contributed by atoms with Gasteiger partial charge in [0.2, 0.25) is 5.95 Å². The van der Waals surface area contributed by atoms with Crippen LogP contribution < -0.4 is 4.90 Å². The SMILES string of the molecule is COC(=O)C1CC2c3cccc(-c4ccc(Cl)cc4)c3N(c3ncccn3)C2CN1Cc1ccccc1. The number of anilines is 2. The third-order valence-corrected chi connectivity index (χ3v) is 7.72. The van der Waals surface area contributed by atoms with Crippen molar-refractivity contribution in [3.63, 3.8) is 0 Å². The molecule has 1 fully saturated rings. The number of carbonyl (C=O) groups excluding carboxylic acids is 1. The number of fused-ring (bicyclic) bond motifs is 3. The molecule has 3 unspecified atom stereocenters.